The molecule has 0 aromatic heterocycles. The van der Waals surface area contributed by atoms with Gasteiger partial charge < -0.3 is 10.2 Å². The molecule has 8 heteroatoms. The molecule has 0 unspecified atom stereocenters. The number of likely N-dealkylation sites (tertiary alicyclic amines) is 1. The third-order valence-corrected chi connectivity index (χ3v) is 6.91. The zero-order chi connectivity index (χ0) is 21.4. The molecule has 162 valence electrons. The van der Waals surface area contributed by atoms with Crippen molar-refractivity contribution in [2.45, 2.75) is 49.4 Å². The van der Waals surface area contributed by atoms with Crippen LogP contribution in [0.15, 0.2) is 30.3 Å². The molecule has 1 saturated carbocycles. The summed E-state index contributed by atoms with van der Waals surface area (Å²) in [5, 5.41) is 12.6. The van der Waals surface area contributed by atoms with Crippen molar-refractivity contribution < 1.29 is 18.0 Å². The Morgan fingerprint density at radius 2 is 1.90 bits per heavy atom. The van der Waals surface area contributed by atoms with Gasteiger partial charge in [0, 0.05) is 43.1 Å². The Hall–Kier alpha value is -2.11. The molecule has 0 spiro atoms. The summed E-state index contributed by atoms with van der Waals surface area (Å²) in [4.78, 5) is 15.5. The first-order valence-electron chi connectivity index (χ1n) is 10.6. The van der Waals surface area contributed by atoms with Gasteiger partial charge in [0.05, 0.1) is 12.5 Å². The summed E-state index contributed by atoms with van der Waals surface area (Å²) in [6, 6.07) is 11.3. The summed E-state index contributed by atoms with van der Waals surface area (Å²) < 4.78 is 39.8. The van der Waals surface area contributed by atoms with Gasteiger partial charge in [0.2, 0.25) is 0 Å². The largest absolute Gasteiger partial charge is 0.471 e. The van der Waals surface area contributed by atoms with Crippen LogP contribution in [0.3, 0.4) is 0 Å². The van der Waals surface area contributed by atoms with Crippen LogP contribution < -0.4 is 5.32 Å². The van der Waals surface area contributed by atoms with Crippen LogP contribution in [0.25, 0.3) is 0 Å². The Balaban J connectivity index is 1.41. The zero-order valence-corrected chi connectivity index (χ0v) is 16.9. The van der Waals surface area contributed by atoms with Gasteiger partial charge in [-0.05, 0) is 37.9 Å². The Kier molecular flexibility index (Phi) is 5.78. The Labute approximate surface area is 174 Å². The Morgan fingerprint density at radius 1 is 1.23 bits per heavy atom. The monoisotopic (exact) mass is 420 g/mol. The first-order valence-corrected chi connectivity index (χ1v) is 10.6. The number of hydrogen-bond acceptors (Lipinski definition) is 4. The number of nitriles is 1. The van der Waals surface area contributed by atoms with Crippen molar-refractivity contribution in [1.82, 2.24) is 15.1 Å². The number of hydrogen-bond donors (Lipinski definition) is 1. The minimum Gasteiger partial charge on any atom is -0.331 e. The average molecular weight is 420 g/mol. The highest BCUT2D eigenvalue weighted by Gasteiger charge is 2.53. The average Bonchev–Trinajstić information content (AvgIpc) is 3.48. The zero-order valence-electron chi connectivity index (χ0n) is 16.9. The van der Waals surface area contributed by atoms with Crippen molar-refractivity contribution in [3.8, 4) is 6.07 Å². The molecule has 30 heavy (non-hydrogen) atoms. The van der Waals surface area contributed by atoms with Crippen LogP contribution in [0, 0.1) is 17.2 Å². The van der Waals surface area contributed by atoms with E-state index in [0.29, 0.717) is 25.9 Å². The molecule has 2 atom stereocenters. The minimum atomic E-state index is -4.86. The first kappa shape index (κ1) is 21.1. The molecule has 2 saturated heterocycles. The third-order valence-electron chi connectivity index (χ3n) is 6.91. The molecule has 1 aromatic rings. The lowest BCUT2D eigenvalue weighted by molar-refractivity contribution is -0.188. The van der Waals surface area contributed by atoms with E-state index in [9.17, 15) is 23.2 Å². The lowest BCUT2D eigenvalue weighted by Crippen LogP contribution is -2.64. The van der Waals surface area contributed by atoms with Crippen LogP contribution in [-0.2, 0) is 4.79 Å². The summed E-state index contributed by atoms with van der Waals surface area (Å²) in [5.41, 5.74) is 0.807. The maximum atomic E-state index is 13.3. The van der Waals surface area contributed by atoms with Gasteiger partial charge in [-0.15, -0.1) is 0 Å². The molecule has 2 aliphatic heterocycles. The summed E-state index contributed by atoms with van der Waals surface area (Å²) in [7, 11) is 0. The molecule has 1 aliphatic carbocycles. The van der Waals surface area contributed by atoms with Gasteiger partial charge in [-0.2, -0.15) is 18.4 Å². The van der Waals surface area contributed by atoms with Crippen molar-refractivity contribution in [1.29, 1.82) is 5.26 Å². The lowest BCUT2D eigenvalue weighted by atomic mass is 9.79. The molecule has 4 rings (SSSR count). The molecular formula is C22H27F3N4O. The number of amides is 1. The summed E-state index contributed by atoms with van der Waals surface area (Å²) in [6.45, 7) is 3.12. The minimum absolute atomic E-state index is 0.0128. The van der Waals surface area contributed by atoms with Crippen LogP contribution in [0.5, 0.6) is 0 Å². The van der Waals surface area contributed by atoms with Crippen LogP contribution in [0.2, 0.25) is 0 Å². The second kappa shape index (κ2) is 8.20. The van der Waals surface area contributed by atoms with Gasteiger partial charge in [-0.25, -0.2) is 0 Å². The van der Waals surface area contributed by atoms with Gasteiger partial charge in [-0.1, -0.05) is 30.3 Å². The van der Waals surface area contributed by atoms with Gasteiger partial charge in [0.25, 0.3) is 0 Å². The SMILES string of the molecule is N#CCC1(N2CC(CN(C(=O)C(F)(F)F)[C@@H]3C[C@H]3c3ccccc3)C2)CCNCC1. The fourth-order valence-corrected chi connectivity index (χ4v) is 5.11. The third kappa shape index (κ3) is 4.19. The fraction of sp³-hybridized carbons (Fsp3) is 0.636. The summed E-state index contributed by atoms with van der Waals surface area (Å²) in [6.07, 6.45) is -2.10. The van der Waals surface area contributed by atoms with Crippen LogP contribution in [0.4, 0.5) is 13.2 Å². The topological polar surface area (TPSA) is 59.4 Å². The number of carbonyl (C=O) groups is 1. The Morgan fingerprint density at radius 3 is 2.50 bits per heavy atom. The van der Waals surface area contributed by atoms with Crippen molar-refractivity contribution in [3.05, 3.63) is 35.9 Å². The van der Waals surface area contributed by atoms with Gasteiger partial charge >= 0.3 is 12.1 Å². The number of benzene rings is 1. The number of carbonyl (C=O) groups excluding carboxylic acids is 1. The molecule has 0 radical (unpaired) electrons. The summed E-state index contributed by atoms with van der Waals surface area (Å²) in [5.74, 6) is -1.74. The van der Waals surface area contributed by atoms with E-state index in [0.717, 1.165) is 36.4 Å². The number of halogens is 3. The second-order valence-corrected chi connectivity index (χ2v) is 8.86. The van der Waals surface area contributed by atoms with E-state index in [1.54, 1.807) is 0 Å². The molecule has 1 aromatic carbocycles. The highest BCUT2D eigenvalue weighted by atomic mass is 19.4. The van der Waals surface area contributed by atoms with Crippen LogP contribution in [-0.4, -0.2) is 66.2 Å². The fourth-order valence-electron chi connectivity index (χ4n) is 5.11. The molecule has 0 bridgehead atoms. The van der Waals surface area contributed by atoms with Gasteiger partial charge in [-0.3, -0.25) is 9.69 Å². The number of rotatable bonds is 6. The van der Waals surface area contributed by atoms with Crippen LogP contribution in [0.1, 0.15) is 37.2 Å². The summed E-state index contributed by atoms with van der Waals surface area (Å²) >= 11 is 0. The highest BCUT2D eigenvalue weighted by molar-refractivity contribution is 5.82. The number of nitrogens with zero attached hydrogens (tertiary/aromatic N) is 3. The van der Waals surface area contributed by atoms with Crippen LogP contribution >= 0.6 is 0 Å². The first-order chi connectivity index (χ1) is 14.3. The van der Waals surface area contributed by atoms with Gasteiger partial charge in [0.15, 0.2) is 0 Å². The predicted molar refractivity (Wildman–Crippen MR) is 105 cm³/mol. The maximum absolute atomic E-state index is 13.3. The second-order valence-electron chi connectivity index (χ2n) is 8.86. The molecule has 3 aliphatic rings. The standard InChI is InChI=1S/C22H27F3N4O/c23-22(24,25)20(30)29(19-12-18(19)17-4-2-1-3-5-17)15-16-13-28(14-16)21(6-9-26)7-10-27-11-8-21/h1-5,16,18-19,27H,6-8,10-15H2/t18-,19+/m0/s1. The maximum Gasteiger partial charge on any atom is 0.471 e. The van der Waals surface area contributed by atoms with Crippen molar-refractivity contribution in [3.63, 3.8) is 0 Å². The van der Waals surface area contributed by atoms with Crippen molar-refractivity contribution in [2.24, 2.45) is 5.92 Å². The highest BCUT2D eigenvalue weighted by Crippen LogP contribution is 2.46. The van der Waals surface area contributed by atoms with E-state index < -0.39 is 12.1 Å². The predicted octanol–water partition coefficient (Wildman–Crippen LogP) is 2.90. The molecule has 1 N–H and O–H groups in total. The quantitative estimate of drug-likeness (QED) is 0.769. The Bertz CT molecular complexity index is 795. The number of piperidine rings is 1. The van der Waals surface area contributed by atoms with E-state index in [-0.39, 0.29) is 30.0 Å². The van der Waals surface area contributed by atoms with E-state index >= 15 is 0 Å². The molecule has 1 amide bonds. The number of alkyl halides is 3. The molecule has 3 fully saturated rings. The van der Waals surface area contributed by atoms with Crippen molar-refractivity contribution >= 4 is 5.91 Å². The number of nitrogens with one attached hydrogen (secondary N) is 1. The smallest absolute Gasteiger partial charge is 0.331 e. The van der Waals surface area contributed by atoms with E-state index in [1.165, 1.54) is 0 Å². The molecular weight excluding hydrogens is 393 g/mol. The van der Waals surface area contributed by atoms with E-state index in [4.69, 9.17) is 0 Å². The molecule has 5 nitrogen and oxygen atoms in total. The van der Waals surface area contributed by atoms with E-state index in [2.05, 4.69) is 16.3 Å². The molecule has 2 heterocycles. The normalized spacial score (nSPS) is 26.5. The van der Waals surface area contributed by atoms with Gasteiger partial charge in [0.1, 0.15) is 0 Å². The van der Waals surface area contributed by atoms with E-state index in [1.807, 2.05) is 30.3 Å². The van der Waals surface area contributed by atoms with Crippen molar-refractivity contribution in [2.75, 3.05) is 32.7 Å². The lowest BCUT2D eigenvalue weighted by Gasteiger charge is -2.54.